The summed E-state index contributed by atoms with van der Waals surface area (Å²) in [4.78, 5) is 35.6. The van der Waals surface area contributed by atoms with Gasteiger partial charge >= 0.3 is 0 Å². The number of fused-ring (bicyclic) bond motifs is 1. The molecule has 1 unspecified atom stereocenters. The molecule has 21 heavy (non-hydrogen) atoms. The van der Waals surface area contributed by atoms with Gasteiger partial charge in [0.1, 0.15) is 0 Å². The van der Waals surface area contributed by atoms with Crippen molar-refractivity contribution in [2.24, 2.45) is 0 Å². The van der Waals surface area contributed by atoms with Crippen LogP contribution in [0, 0.1) is 0 Å². The van der Waals surface area contributed by atoms with E-state index in [0.717, 1.165) is 4.90 Å². The molecule has 1 atom stereocenters. The van der Waals surface area contributed by atoms with Crippen molar-refractivity contribution in [3.8, 4) is 0 Å². The molecule has 2 rings (SSSR count). The smallest absolute Gasteiger partial charge is 0.239 e. The van der Waals surface area contributed by atoms with Gasteiger partial charge in [0, 0.05) is 23.4 Å². The summed E-state index contributed by atoms with van der Waals surface area (Å²) in [6, 6.07) is 5.20. The minimum Gasteiger partial charge on any atom is -0.358 e. The first-order chi connectivity index (χ1) is 9.99. The third-order valence-corrected chi connectivity index (χ3v) is 4.37. The van der Waals surface area contributed by atoms with Gasteiger partial charge in [-0.25, -0.2) is 0 Å². The molecule has 6 nitrogen and oxygen atoms in total. The predicted octanol–water partition coefficient (Wildman–Crippen LogP) is 1.01. The standard InChI is InChI=1S/C13H14ClN3O3S/c1-15-12(19)6-16-11(18)5-10-13(20)17-8-4-7(14)2-3-9(8)21-10/h2-4,10H,5-6H2,1H3,(H,15,19)(H,16,18)(H,17,20). The number of thioether (sulfide) groups is 1. The lowest BCUT2D eigenvalue weighted by Gasteiger charge is -2.23. The number of carbonyl (C=O) groups excluding carboxylic acids is 3. The van der Waals surface area contributed by atoms with E-state index in [2.05, 4.69) is 16.0 Å². The molecule has 8 heteroatoms. The van der Waals surface area contributed by atoms with Crippen LogP contribution in [0.4, 0.5) is 5.69 Å². The van der Waals surface area contributed by atoms with Crippen LogP contribution in [0.15, 0.2) is 23.1 Å². The lowest BCUT2D eigenvalue weighted by atomic mass is 10.2. The van der Waals surface area contributed by atoms with E-state index in [1.807, 2.05) is 0 Å². The Morgan fingerprint density at radius 1 is 1.38 bits per heavy atom. The fourth-order valence-electron chi connectivity index (χ4n) is 1.76. The van der Waals surface area contributed by atoms with Crippen molar-refractivity contribution in [3.63, 3.8) is 0 Å². The summed E-state index contributed by atoms with van der Waals surface area (Å²) in [5, 5.41) is 7.61. The van der Waals surface area contributed by atoms with Crippen molar-refractivity contribution in [2.45, 2.75) is 16.6 Å². The highest BCUT2D eigenvalue weighted by Crippen LogP contribution is 2.38. The minimum atomic E-state index is -0.525. The number of carbonyl (C=O) groups is 3. The van der Waals surface area contributed by atoms with E-state index < -0.39 is 5.25 Å². The van der Waals surface area contributed by atoms with Gasteiger partial charge in [0.05, 0.1) is 17.5 Å². The van der Waals surface area contributed by atoms with E-state index in [1.54, 1.807) is 18.2 Å². The largest absolute Gasteiger partial charge is 0.358 e. The Hall–Kier alpha value is -1.73. The van der Waals surface area contributed by atoms with Crippen LogP contribution in [0.5, 0.6) is 0 Å². The van der Waals surface area contributed by atoms with E-state index in [0.29, 0.717) is 10.7 Å². The Labute approximate surface area is 131 Å². The average Bonchev–Trinajstić information content (AvgIpc) is 2.45. The molecule has 1 aliphatic rings. The molecule has 0 radical (unpaired) electrons. The highest BCUT2D eigenvalue weighted by atomic mass is 35.5. The second-order valence-corrected chi connectivity index (χ2v) is 6.07. The molecular weight excluding hydrogens is 314 g/mol. The molecule has 0 saturated heterocycles. The van der Waals surface area contributed by atoms with Crippen molar-refractivity contribution >= 4 is 46.8 Å². The van der Waals surface area contributed by atoms with Gasteiger partial charge in [-0.1, -0.05) is 11.6 Å². The van der Waals surface area contributed by atoms with Gasteiger partial charge in [-0.2, -0.15) is 0 Å². The molecule has 0 bridgehead atoms. The summed E-state index contributed by atoms with van der Waals surface area (Å²) in [5.41, 5.74) is 0.652. The zero-order valence-corrected chi connectivity index (χ0v) is 12.8. The lowest BCUT2D eigenvalue weighted by Crippen LogP contribution is -2.38. The van der Waals surface area contributed by atoms with Crippen LogP contribution in [-0.4, -0.2) is 36.6 Å². The number of hydrogen-bond donors (Lipinski definition) is 3. The maximum absolute atomic E-state index is 12.0. The first-order valence-corrected chi connectivity index (χ1v) is 7.49. The molecular formula is C13H14ClN3O3S. The number of amides is 3. The van der Waals surface area contributed by atoms with Gasteiger partial charge in [0.2, 0.25) is 17.7 Å². The molecule has 1 heterocycles. The van der Waals surface area contributed by atoms with Gasteiger partial charge in [-0.05, 0) is 18.2 Å². The van der Waals surface area contributed by atoms with Crippen molar-refractivity contribution in [2.75, 3.05) is 18.9 Å². The van der Waals surface area contributed by atoms with Crippen LogP contribution < -0.4 is 16.0 Å². The van der Waals surface area contributed by atoms with Crippen LogP contribution in [0.3, 0.4) is 0 Å². The lowest BCUT2D eigenvalue weighted by molar-refractivity contribution is -0.126. The molecule has 0 aromatic heterocycles. The molecule has 1 aliphatic heterocycles. The normalized spacial score (nSPS) is 16.7. The number of hydrogen-bond acceptors (Lipinski definition) is 4. The molecule has 1 aromatic rings. The van der Waals surface area contributed by atoms with Gasteiger partial charge < -0.3 is 16.0 Å². The molecule has 0 saturated carbocycles. The minimum absolute atomic E-state index is 0.00948. The Bertz CT molecular complexity index is 594. The quantitative estimate of drug-likeness (QED) is 0.770. The van der Waals surface area contributed by atoms with Gasteiger partial charge in [-0.15, -0.1) is 11.8 Å². The number of likely N-dealkylation sites (N-methyl/N-ethyl adjacent to an activating group) is 1. The average molecular weight is 328 g/mol. The Morgan fingerprint density at radius 3 is 2.86 bits per heavy atom. The monoisotopic (exact) mass is 327 g/mol. The fraction of sp³-hybridized carbons (Fsp3) is 0.308. The maximum atomic E-state index is 12.0. The van der Waals surface area contributed by atoms with Crippen molar-refractivity contribution in [3.05, 3.63) is 23.2 Å². The zero-order valence-electron chi connectivity index (χ0n) is 11.2. The van der Waals surface area contributed by atoms with Crippen molar-refractivity contribution in [1.82, 2.24) is 10.6 Å². The predicted molar refractivity (Wildman–Crippen MR) is 81.4 cm³/mol. The second-order valence-electron chi connectivity index (χ2n) is 4.39. The van der Waals surface area contributed by atoms with Gasteiger partial charge in [0.25, 0.3) is 0 Å². The van der Waals surface area contributed by atoms with E-state index in [9.17, 15) is 14.4 Å². The fourth-order valence-corrected chi connectivity index (χ4v) is 3.03. The summed E-state index contributed by atoms with van der Waals surface area (Å²) in [6.45, 7) is -0.0967. The molecule has 0 spiro atoms. The summed E-state index contributed by atoms with van der Waals surface area (Å²) in [6.07, 6.45) is 0.00948. The summed E-state index contributed by atoms with van der Waals surface area (Å²) in [7, 11) is 1.49. The number of anilines is 1. The summed E-state index contributed by atoms with van der Waals surface area (Å²) in [5.74, 6) is -0.877. The first kappa shape index (κ1) is 15.7. The van der Waals surface area contributed by atoms with Crippen LogP contribution >= 0.6 is 23.4 Å². The van der Waals surface area contributed by atoms with Gasteiger partial charge in [0.15, 0.2) is 0 Å². The zero-order chi connectivity index (χ0) is 15.4. The summed E-state index contributed by atoms with van der Waals surface area (Å²) >= 11 is 7.18. The van der Waals surface area contributed by atoms with Crippen molar-refractivity contribution < 1.29 is 14.4 Å². The Kier molecular flexibility index (Phi) is 5.08. The molecule has 3 amide bonds. The van der Waals surface area contributed by atoms with E-state index in [4.69, 9.17) is 11.6 Å². The van der Waals surface area contributed by atoms with Crippen LogP contribution in [0.25, 0.3) is 0 Å². The molecule has 112 valence electrons. The summed E-state index contributed by atoms with van der Waals surface area (Å²) < 4.78 is 0. The van der Waals surface area contributed by atoms with Crippen LogP contribution in [-0.2, 0) is 14.4 Å². The molecule has 1 aromatic carbocycles. The van der Waals surface area contributed by atoms with E-state index in [1.165, 1.54) is 18.8 Å². The Balaban J connectivity index is 1.96. The maximum Gasteiger partial charge on any atom is 0.239 e. The molecule has 3 N–H and O–H groups in total. The third-order valence-electron chi connectivity index (χ3n) is 2.86. The highest BCUT2D eigenvalue weighted by Gasteiger charge is 2.29. The van der Waals surface area contributed by atoms with Crippen molar-refractivity contribution in [1.29, 1.82) is 0 Å². The highest BCUT2D eigenvalue weighted by molar-refractivity contribution is 8.01. The van der Waals surface area contributed by atoms with Crippen LogP contribution in [0.2, 0.25) is 5.02 Å². The molecule has 0 fully saturated rings. The SMILES string of the molecule is CNC(=O)CNC(=O)CC1Sc2ccc(Cl)cc2NC1=O. The molecule has 0 aliphatic carbocycles. The van der Waals surface area contributed by atoms with E-state index in [-0.39, 0.29) is 30.7 Å². The van der Waals surface area contributed by atoms with Crippen LogP contribution in [0.1, 0.15) is 6.42 Å². The number of benzene rings is 1. The van der Waals surface area contributed by atoms with Gasteiger partial charge in [-0.3, -0.25) is 14.4 Å². The number of rotatable bonds is 4. The topological polar surface area (TPSA) is 87.3 Å². The number of nitrogens with one attached hydrogen (secondary N) is 3. The second kappa shape index (κ2) is 6.82. The first-order valence-electron chi connectivity index (χ1n) is 6.24. The Morgan fingerprint density at radius 2 is 2.14 bits per heavy atom. The van der Waals surface area contributed by atoms with E-state index >= 15 is 0 Å². The third kappa shape index (κ3) is 4.12. The number of halogens is 1.